The Bertz CT molecular complexity index is 991. The van der Waals surface area contributed by atoms with Gasteiger partial charge in [-0.1, -0.05) is 0 Å². The molecule has 0 fully saturated rings. The number of aryl methyl sites for hydroxylation is 2. The molecule has 124 valence electrons. The number of fused-ring (bicyclic) bond motifs is 1. The van der Waals surface area contributed by atoms with Crippen molar-refractivity contribution in [2.75, 3.05) is 5.32 Å². The molecule has 2 aromatic heterocycles. The molecule has 3 rings (SSSR count). The molecule has 0 saturated carbocycles. The molecule has 0 aliphatic rings. The predicted octanol–water partition coefficient (Wildman–Crippen LogP) is 2.31. The number of benzene rings is 1. The molecule has 1 unspecified atom stereocenters. The molecule has 0 radical (unpaired) electrons. The van der Waals surface area contributed by atoms with Crippen LogP contribution in [0.4, 0.5) is 11.4 Å². The van der Waals surface area contributed by atoms with Crippen molar-refractivity contribution in [2.24, 2.45) is 7.05 Å². The lowest BCUT2D eigenvalue weighted by Crippen LogP contribution is -2.18. The van der Waals surface area contributed by atoms with Crippen LogP contribution in [0.15, 0.2) is 33.5 Å². The van der Waals surface area contributed by atoms with Gasteiger partial charge in [-0.3, -0.25) is 14.9 Å². The molecule has 1 N–H and O–H groups in total. The summed E-state index contributed by atoms with van der Waals surface area (Å²) >= 11 is 0. The second kappa shape index (κ2) is 5.76. The first-order valence-electron chi connectivity index (χ1n) is 7.21. The number of anilines is 1. The molecule has 24 heavy (non-hydrogen) atoms. The highest BCUT2D eigenvalue weighted by Crippen LogP contribution is 2.28. The summed E-state index contributed by atoms with van der Waals surface area (Å²) in [5.74, 6) is 0.801. The number of aromatic nitrogens is 3. The molecule has 9 heteroatoms. The summed E-state index contributed by atoms with van der Waals surface area (Å²) in [5.41, 5.74) is 0.780. The lowest BCUT2D eigenvalue weighted by molar-refractivity contribution is -0.384. The first-order chi connectivity index (χ1) is 11.4. The second-order valence-electron chi connectivity index (χ2n) is 5.44. The van der Waals surface area contributed by atoms with Gasteiger partial charge in [-0.15, -0.1) is 10.2 Å². The highest BCUT2D eigenvalue weighted by Gasteiger charge is 2.17. The topological polar surface area (TPSA) is 116 Å². The van der Waals surface area contributed by atoms with E-state index in [9.17, 15) is 14.9 Å². The Morgan fingerprint density at radius 2 is 2.08 bits per heavy atom. The normalized spacial score (nSPS) is 12.3. The fraction of sp³-hybridized carbons (Fsp3) is 0.267. The van der Waals surface area contributed by atoms with Crippen molar-refractivity contribution in [3.8, 4) is 0 Å². The highest BCUT2D eigenvalue weighted by atomic mass is 16.6. The molecule has 0 aliphatic heterocycles. The summed E-state index contributed by atoms with van der Waals surface area (Å²) in [6.07, 6.45) is 0. The van der Waals surface area contributed by atoms with Gasteiger partial charge < -0.3 is 14.3 Å². The van der Waals surface area contributed by atoms with Crippen LogP contribution in [0.1, 0.15) is 24.7 Å². The molecule has 2 heterocycles. The summed E-state index contributed by atoms with van der Waals surface area (Å²) in [5, 5.41) is 22.4. The Morgan fingerprint density at radius 1 is 1.33 bits per heavy atom. The number of nitro groups is 1. The first kappa shape index (κ1) is 15.7. The van der Waals surface area contributed by atoms with Crippen molar-refractivity contribution in [1.82, 2.24) is 14.8 Å². The maximum Gasteiger partial charge on any atom is 0.270 e. The van der Waals surface area contributed by atoms with Gasteiger partial charge in [0.2, 0.25) is 11.8 Å². The molecule has 0 spiro atoms. The van der Waals surface area contributed by atoms with Crippen LogP contribution in [0.5, 0.6) is 0 Å². The quantitative estimate of drug-likeness (QED) is 0.576. The maximum atomic E-state index is 12.1. The number of hydrogen-bond acceptors (Lipinski definition) is 7. The van der Waals surface area contributed by atoms with Gasteiger partial charge in [0, 0.05) is 43.2 Å². The largest absolute Gasteiger partial charge is 0.423 e. The van der Waals surface area contributed by atoms with E-state index in [1.165, 1.54) is 22.8 Å². The van der Waals surface area contributed by atoms with Crippen molar-refractivity contribution < 1.29 is 9.34 Å². The number of hydrogen-bond donors (Lipinski definition) is 1. The summed E-state index contributed by atoms with van der Waals surface area (Å²) in [7, 11) is 1.62. The average Bonchev–Trinajstić information content (AvgIpc) is 2.98. The minimum atomic E-state index is -0.473. The molecule has 0 aliphatic carbocycles. The summed E-state index contributed by atoms with van der Waals surface area (Å²) < 4.78 is 6.81. The zero-order chi connectivity index (χ0) is 17.4. The van der Waals surface area contributed by atoms with Crippen LogP contribution in [0.25, 0.3) is 10.9 Å². The Labute approximate surface area is 136 Å². The van der Waals surface area contributed by atoms with E-state index >= 15 is 0 Å². The number of pyridine rings is 1. The third kappa shape index (κ3) is 2.71. The van der Waals surface area contributed by atoms with Crippen LogP contribution < -0.4 is 10.9 Å². The van der Waals surface area contributed by atoms with E-state index in [4.69, 9.17) is 4.42 Å². The molecule has 1 aromatic carbocycles. The molecular weight excluding hydrogens is 314 g/mol. The summed E-state index contributed by atoms with van der Waals surface area (Å²) in [4.78, 5) is 22.7. The molecule has 0 bridgehead atoms. The first-order valence-corrected chi connectivity index (χ1v) is 7.21. The zero-order valence-corrected chi connectivity index (χ0v) is 13.3. The van der Waals surface area contributed by atoms with Gasteiger partial charge in [0.25, 0.3) is 11.2 Å². The van der Waals surface area contributed by atoms with Crippen LogP contribution >= 0.6 is 0 Å². The van der Waals surface area contributed by atoms with Crippen molar-refractivity contribution in [3.05, 3.63) is 56.5 Å². The van der Waals surface area contributed by atoms with Crippen LogP contribution in [0.3, 0.4) is 0 Å². The SMILES string of the molecule is Cc1nnc(C(C)Nc2cc(=O)n(C)c3ccc([N+](=O)[O-])cc23)o1. The van der Waals surface area contributed by atoms with E-state index < -0.39 is 4.92 Å². The van der Waals surface area contributed by atoms with E-state index in [-0.39, 0.29) is 17.3 Å². The molecular formula is C15H15N5O4. The second-order valence-corrected chi connectivity index (χ2v) is 5.44. The fourth-order valence-corrected chi connectivity index (χ4v) is 2.46. The number of rotatable bonds is 4. The number of non-ortho nitro benzene ring substituents is 1. The van der Waals surface area contributed by atoms with Gasteiger partial charge in [0.05, 0.1) is 10.4 Å². The molecule has 3 aromatic rings. The third-order valence-electron chi connectivity index (χ3n) is 3.72. The van der Waals surface area contributed by atoms with Gasteiger partial charge in [-0.2, -0.15) is 0 Å². The highest BCUT2D eigenvalue weighted by molar-refractivity contribution is 5.93. The van der Waals surface area contributed by atoms with Gasteiger partial charge in [0.15, 0.2) is 0 Å². The van der Waals surface area contributed by atoms with E-state index in [1.54, 1.807) is 27.0 Å². The Hall–Kier alpha value is -3.23. The van der Waals surface area contributed by atoms with Gasteiger partial charge >= 0.3 is 0 Å². The van der Waals surface area contributed by atoms with Crippen molar-refractivity contribution >= 4 is 22.3 Å². The van der Waals surface area contributed by atoms with E-state index in [0.717, 1.165) is 0 Å². The number of nitrogens with one attached hydrogen (secondary N) is 1. The van der Waals surface area contributed by atoms with E-state index in [1.807, 2.05) is 0 Å². The Balaban J connectivity index is 2.12. The van der Waals surface area contributed by atoms with Gasteiger partial charge in [-0.25, -0.2) is 0 Å². The lowest BCUT2D eigenvalue weighted by Gasteiger charge is -2.15. The Kier molecular flexibility index (Phi) is 3.76. The number of nitro benzene ring substituents is 1. The molecule has 9 nitrogen and oxygen atoms in total. The fourth-order valence-electron chi connectivity index (χ4n) is 2.46. The molecule has 0 saturated heterocycles. The van der Waals surface area contributed by atoms with Crippen LogP contribution in [0, 0.1) is 17.0 Å². The van der Waals surface area contributed by atoms with Crippen LogP contribution in [-0.4, -0.2) is 19.7 Å². The lowest BCUT2D eigenvalue weighted by atomic mass is 10.1. The molecule has 1 atom stereocenters. The monoisotopic (exact) mass is 329 g/mol. The van der Waals surface area contributed by atoms with Crippen LogP contribution in [-0.2, 0) is 7.05 Å². The average molecular weight is 329 g/mol. The van der Waals surface area contributed by atoms with Crippen molar-refractivity contribution in [1.29, 1.82) is 0 Å². The minimum Gasteiger partial charge on any atom is -0.423 e. The summed E-state index contributed by atoms with van der Waals surface area (Å²) in [6, 6.07) is 5.40. The van der Waals surface area contributed by atoms with Gasteiger partial charge in [0.1, 0.15) is 6.04 Å². The van der Waals surface area contributed by atoms with Crippen molar-refractivity contribution in [2.45, 2.75) is 19.9 Å². The predicted molar refractivity (Wildman–Crippen MR) is 86.9 cm³/mol. The Morgan fingerprint density at radius 3 is 2.71 bits per heavy atom. The van der Waals surface area contributed by atoms with Crippen molar-refractivity contribution in [3.63, 3.8) is 0 Å². The maximum absolute atomic E-state index is 12.1. The summed E-state index contributed by atoms with van der Waals surface area (Å²) in [6.45, 7) is 3.48. The zero-order valence-electron chi connectivity index (χ0n) is 13.3. The smallest absolute Gasteiger partial charge is 0.270 e. The van der Waals surface area contributed by atoms with E-state index in [0.29, 0.717) is 28.4 Å². The number of nitrogens with zero attached hydrogens (tertiary/aromatic N) is 4. The third-order valence-corrected chi connectivity index (χ3v) is 3.72. The molecule has 0 amide bonds. The standard InChI is InChI=1S/C15H15N5O4/c1-8(15-18-17-9(2)24-15)16-12-7-14(21)19(3)13-5-4-10(20(22)23)6-11(12)13/h4-8,16H,1-3H3. The van der Waals surface area contributed by atoms with E-state index in [2.05, 4.69) is 15.5 Å². The minimum absolute atomic E-state index is 0.0505. The van der Waals surface area contributed by atoms with Crippen LogP contribution in [0.2, 0.25) is 0 Å². The van der Waals surface area contributed by atoms with Gasteiger partial charge in [-0.05, 0) is 13.0 Å².